The zero-order valence-electron chi connectivity index (χ0n) is 15.6. The lowest BCUT2D eigenvalue weighted by Crippen LogP contribution is -2.24. The fourth-order valence-electron chi connectivity index (χ4n) is 2.60. The number of ether oxygens (including phenoxy) is 2. The zero-order chi connectivity index (χ0) is 18.5. The van der Waals surface area contributed by atoms with Gasteiger partial charge in [0.15, 0.2) is 0 Å². The Kier molecular flexibility index (Phi) is 9.12. The summed E-state index contributed by atoms with van der Waals surface area (Å²) in [5, 5.41) is 2.97. The van der Waals surface area contributed by atoms with Gasteiger partial charge >= 0.3 is 0 Å². The first-order chi connectivity index (χ1) is 12.8. The van der Waals surface area contributed by atoms with Gasteiger partial charge in [0.25, 0.3) is 5.91 Å². The molecule has 0 fully saturated rings. The normalized spacial score (nSPS) is 10.3. The van der Waals surface area contributed by atoms with Crippen molar-refractivity contribution in [2.75, 3.05) is 19.8 Å². The molecule has 26 heavy (non-hydrogen) atoms. The van der Waals surface area contributed by atoms with Gasteiger partial charge in [0.1, 0.15) is 24.7 Å². The third-order valence-electron chi connectivity index (χ3n) is 4.03. The van der Waals surface area contributed by atoms with Crippen LogP contribution in [0.2, 0.25) is 0 Å². The number of amides is 1. The number of nitrogens with one attached hydrogen (secondary N) is 1. The highest BCUT2D eigenvalue weighted by atomic mass is 16.5. The average Bonchev–Trinajstić information content (AvgIpc) is 2.69. The Morgan fingerprint density at radius 1 is 0.846 bits per heavy atom. The van der Waals surface area contributed by atoms with Crippen LogP contribution >= 0.6 is 0 Å². The highest BCUT2D eigenvalue weighted by molar-refractivity contribution is 5.94. The summed E-state index contributed by atoms with van der Waals surface area (Å²) in [6.07, 6.45) is 5.93. The molecule has 2 aromatic rings. The molecule has 2 rings (SSSR count). The van der Waals surface area contributed by atoms with Gasteiger partial charge < -0.3 is 14.8 Å². The largest absolute Gasteiger partial charge is 0.490 e. The summed E-state index contributed by atoms with van der Waals surface area (Å²) in [7, 11) is 0. The van der Waals surface area contributed by atoms with Crippen LogP contribution in [0.5, 0.6) is 11.5 Å². The lowest BCUT2D eigenvalue weighted by Gasteiger charge is -2.10. The number of rotatable bonds is 12. The number of benzene rings is 2. The SMILES string of the molecule is CCCCCCCNC(=O)c1cccc(OCCOc2ccccc2)c1. The Balaban J connectivity index is 1.68. The first-order valence-corrected chi connectivity index (χ1v) is 9.48. The Bertz CT molecular complexity index is 643. The van der Waals surface area contributed by atoms with Crippen LogP contribution in [0.1, 0.15) is 49.4 Å². The highest BCUT2D eigenvalue weighted by Crippen LogP contribution is 2.14. The number of para-hydroxylation sites is 1. The van der Waals surface area contributed by atoms with Crippen molar-refractivity contribution in [1.29, 1.82) is 0 Å². The average molecular weight is 355 g/mol. The van der Waals surface area contributed by atoms with E-state index in [4.69, 9.17) is 9.47 Å². The highest BCUT2D eigenvalue weighted by Gasteiger charge is 2.06. The Morgan fingerprint density at radius 3 is 2.31 bits per heavy atom. The van der Waals surface area contributed by atoms with E-state index < -0.39 is 0 Å². The van der Waals surface area contributed by atoms with Crippen molar-refractivity contribution >= 4 is 5.91 Å². The number of carbonyl (C=O) groups excluding carboxylic acids is 1. The summed E-state index contributed by atoms with van der Waals surface area (Å²) in [6, 6.07) is 16.9. The van der Waals surface area contributed by atoms with Crippen molar-refractivity contribution in [3.8, 4) is 11.5 Å². The number of carbonyl (C=O) groups is 1. The molecule has 0 aliphatic carbocycles. The van der Waals surface area contributed by atoms with Crippen molar-refractivity contribution in [3.05, 3.63) is 60.2 Å². The number of hydrogen-bond acceptors (Lipinski definition) is 3. The minimum atomic E-state index is -0.0496. The van der Waals surface area contributed by atoms with Crippen LogP contribution in [-0.4, -0.2) is 25.7 Å². The first-order valence-electron chi connectivity index (χ1n) is 9.48. The van der Waals surface area contributed by atoms with Crippen molar-refractivity contribution in [2.45, 2.75) is 39.0 Å². The molecule has 1 N–H and O–H groups in total. The predicted octanol–water partition coefficient (Wildman–Crippen LogP) is 4.84. The van der Waals surface area contributed by atoms with E-state index in [9.17, 15) is 4.79 Å². The molecule has 4 nitrogen and oxygen atoms in total. The summed E-state index contributed by atoms with van der Waals surface area (Å²) in [4.78, 5) is 12.2. The zero-order valence-corrected chi connectivity index (χ0v) is 15.6. The van der Waals surface area contributed by atoms with Crippen LogP contribution in [-0.2, 0) is 0 Å². The van der Waals surface area contributed by atoms with Crippen LogP contribution in [0.3, 0.4) is 0 Å². The summed E-state index contributed by atoms with van der Waals surface area (Å²) < 4.78 is 11.3. The Morgan fingerprint density at radius 2 is 1.54 bits per heavy atom. The summed E-state index contributed by atoms with van der Waals surface area (Å²) in [6.45, 7) is 3.80. The fourth-order valence-corrected chi connectivity index (χ4v) is 2.60. The van der Waals surface area contributed by atoms with Crippen molar-refractivity contribution in [3.63, 3.8) is 0 Å². The van der Waals surface area contributed by atoms with Gasteiger partial charge in [-0.3, -0.25) is 4.79 Å². The van der Waals surface area contributed by atoms with Crippen LogP contribution in [0, 0.1) is 0 Å². The van der Waals surface area contributed by atoms with Gasteiger partial charge in [0, 0.05) is 12.1 Å². The molecule has 0 atom stereocenters. The van der Waals surface area contributed by atoms with Crippen LogP contribution in [0.15, 0.2) is 54.6 Å². The van der Waals surface area contributed by atoms with Gasteiger partial charge in [-0.05, 0) is 36.8 Å². The minimum absolute atomic E-state index is 0.0496. The first kappa shape index (κ1) is 19.8. The van der Waals surface area contributed by atoms with E-state index in [0.29, 0.717) is 24.5 Å². The van der Waals surface area contributed by atoms with Gasteiger partial charge in [0.05, 0.1) is 0 Å². The molecule has 0 saturated heterocycles. The third kappa shape index (κ3) is 7.60. The molecular formula is C22H29NO3. The van der Waals surface area contributed by atoms with E-state index in [-0.39, 0.29) is 5.91 Å². The summed E-state index contributed by atoms with van der Waals surface area (Å²) in [5.74, 6) is 1.45. The molecule has 4 heteroatoms. The molecule has 0 unspecified atom stereocenters. The van der Waals surface area contributed by atoms with Crippen LogP contribution in [0.25, 0.3) is 0 Å². The standard InChI is InChI=1S/C22H29NO3/c1-2-3-4-5-9-15-23-22(24)19-11-10-14-21(18-19)26-17-16-25-20-12-7-6-8-13-20/h6-8,10-14,18H,2-5,9,15-17H2,1H3,(H,23,24). The Labute approximate surface area is 156 Å². The van der Waals surface area contributed by atoms with E-state index >= 15 is 0 Å². The maximum atomic E-state index is 12.2. The topological polar surface area (TPSA) is 47.6 Å². The Hall–Kier alpha value is -2.49. The second-order valence-electron chi connectivity index (χ2n) is 6.21. The van der Waals surface area contributed by atoms with Crippen LogP contribution < -0.4 is 14.8 Å². The van der Waals surface area contributed by atoms with E-state index in [1.807, 2.05) is 42.5 Å². The van der Waals surface area contributed by atoms with Gasteiger partial charge in [-0.15, -0.1) is 0 Å². The van der Waals surface area contributed by atoms with Gasteiger partial charge in [-0.1, -0.05) is 56.9 Å². The summed E-state index contributed by atoms with van der Waals surface area (Å²) in [5.41, 5.74) is 0.625. The van der Waals surface area contributed by atoms with Crippen molar-refractivity contribution in [1.82, 2.24) is 5.32 Å². The lowest BCUT2D eigenvalue weighted by atomic mass is 10.1. The summed E-state index contributed by atoms with van der Waals surface area (Å²) >= 11 is 0. The van der Waals surface area contributed by atoms with Gasteiger partial charge in [-0.25, -0.2) is 0 Å². The number of hydrogen-bond donors (Lipinski definition) is 1. The van der Waals surface area contributed by atoms with E-state index in [1.165, 1.54) is 25.7 Å². The maximum absolute atomic E-state index is 12.2. The maximum Gasteiger partial charge on any atom is 0.251 e. The molecule has 0 spiro atoms. The molecule has 0 saturated carbocycles. The molecule has 0 aliphatic heterocycles. The molecule has 2 aromatic carbocycles. The molecule has 0 aliphatic rings. The van der Waals surface area contributed by atoms with Crippen LogP contribution in [0.4, 0.5) is 0 Å². The fraction of sp³-hybridized carbons (Fsp3) is 0.409. The van der Waals surface area contributed by atoms with Crippen molar-refractivity contribution < 1.29 is 14.3 Å². The van der Waals surface area contributed by atoms with E-state index in [1.54, 1.807) is 12.1 Å². The third-order valence-corrected chi connectivity index (χ3v) is 4.03. The second kappa shape index (κ2) is 12.0. The lowest BCUT2D eigenvalue weighted by molar-refractivity contribution is 0.0952. The second-order valence-corrected chi connectivity index (χ2v) is 6.21. The van der Waals surface area contributed by atoms with Gasteiger partial charge in [0.2, 0.25) is 0 Å². The number of unbranched alkanes of at least 4 members (excludes halogenated alkanes) is 4. The van der Waals surface area contributed by atoms with Crippen molar-refractivity contribution in [2.24, 2.45) is 0 Å². The van der Waals surface area contributed by atoms with Gasteiger partial charge in [-0.2, -0.15) is 0 Å². The molecule has 140 valence electrons. The molecular weight excluding hydrogens is 326 g/mol. The molecule has 0 aromatic heterocycles. The molecule has 0 bridgehead atoms. The molecule has 0 heterocycles. The van der Waals surface area contributed by atoms with E-state index in [0.717, 1.165) is 18.7 Å². The molecule has 0 radical (unpaired) electrons. The minimum Gasteiger partial charge on any atom is -0.490 e. The van der Waals surface area contributed by atoms with E-state index in [2.05, 4.69) is 12.2 Å². The quantitative estimate of drug-likeness (QED) is 0.554. The monoisotopic (exact) mass is 355 g/mol. The smallest absolute Gasteiger partial charge is 0.251 e. The predicted molar refractivity (Wildman–Crippen MR) is 105 cm³/mol. The molecule has 1 amide bonds.